The second-order valence-electron chi connectivity index (χ2n) is 6.36. The van der Waals surface area contributed by atoms with Gasteiger partial charge in [0.05, 0.1) is 14.9 Å². The minimum absolute atomic E-state index is 0.0825. The van der Waals surface area contributed by atoms with Crippen molar-refractivity contribution in [3.63, 3.8) is 0 Å². The van der Waals surface area contributed by atoms with Crippen LogP contribution in [0, 0.1) is 20.2 Å². The van der Waals surface area contributed by atoms with Crippen molar-refractivity contribution < 1.29 is 9.85 Å². The first kappa shape index (κ1) is 20.5. The SMILES string of the molecule is O=[N+]([O-])c1cccc(-c2nc3ccccn3c2/N=C/c2cc([N+](=O)[O-])c(Cl)cc2Cl)c1. The molecule has 0 saturated carbocycles. The summed E-state index contributed by atoms with van der Waals surface area (Å²) in [7, 11) is 0. The fourth-order valence-corrected chi connectivity index (χ4v) is 3.49. The summed E-state index contributed by atoms with van der Waals surface area (Å²) in [6.45, 7) is 0. The molecular weight excluding hydrogens is 445 g/mol. The van der Waals surface area contributed by atoms with Gasteiger partial charge in [0.15, 0.2) is 5.82 Å². The Kier molecular flexibility index (Phi) is 5.37. The van der Waals surface area contributed by atoms with Gasteiger partial charge in [-0.15, -0.1) is 0 Å². The molecule has 0 bridgehead atoms. The lowest BCUT2D eigenvalue weighted by molar-refractivity contribution is -0.384. The van der Waals surface area contributed by atoms with Gasteiger partial charge in [0, 0.05) is 41.7 Å². The van der Waals surface area contributed by atoms with Crippen LogP contribution in [0.5, 0.6) is 0 Å². The molecule has 0 amide bonds. The van der Waals surface area contributed by atoms with E-state index < -0.39 is 9.85 Å². The highest BCUT2D eigenvalue weighted by molar-refractivity contribution is 6.37. The van der Waals surface area contributed by atoms with Gasteiger partial charge < -0.3 is 0 Å². The molecule has 2 heterocycles. The van der Waals surface area contributed by atoms with Crippen LogP contribution in [-0.2, 0) is 0 Å². The number of pyridine rings is 1. The molecule has 0 aliphatic carbocycles. The van der Waals surface area contributed by atoms with Gasteiger partial charge in [-0.3, -0.25) is 24.6 Å². The highest BCUT2D eigenvalue weighted by atomic mass is 35.5. The Morgan fingerprint density at radius 2 is 1.77 bits per heavy atom. The van der Waals surface area contributed by atoms with E-state index in [1.807, 2.05) is 0 Å². The van der Waals surface area contributed by atoms with Crippen molar-refractivity contribution in [3.05, 3.63) is 96.6 Å². The second-order valence-corrected chi connectivity index (χ2v) is 7.18. The lowest BCUT2D eigenvalue weighted by atomic mass is 10.1. The summed E-state index contributed by atoms with van der Waals surface area (Å²) < 4.78 is 1.70. The van der Waals surface area contributed by atoms with Crippen molar-refractivity contribution in [2.24, 2.45) is 4.99 Å². The number of benzene rings is 2. The molecule has 31 heavy (non-hydrogen) atoms. The number of fused-ring (bicyclic) bond motifs is 1. The van der Waals surface area contributed by atoms with E-state index in [0.29, 0.717) is 22.7 Å². The molecule has 0 fully saturated rings. The second kappa shape index (κ2) is 8.13. The Labute approximate surface area is 184 Å². The van der Waals surface area contributed by atoms with E-state index in [1.165, 1.54) is 30.5 Å². The summed E-state index contributed by atoms with van der Waals surface area (Å²) in [5.41, 5.74) is 1.38. The van der Waals surface area contributed by atoms with Crippen LogP contribution in [0.3, 0.4) is 0 Å². The lowest BCUT2D eigenvalue weighted by Gasteiger charge is -2.03. The minimum Gasteiger partial charge on any atom is -0.284 e. The van der Waals surface area contributed by atoms with Crippen molar-refractivity contribution in [2.75, 3.05) is 0 Å². The molecule has 9 nitrogen and oxygen atoms in total. The quantitative estimate of drug-likeness (QED) is 0.211. The Hall–Kier alpha value is -3.82. The third kappa shape index (κ3) is 3.96. The zero-order chi connectivity index (χ0) is 22.1. The summed E-state index contributed by atoms with van der Waals surface area (Å²) in [6, 6.07) is 13.9. The fraction of sp³-hybridized carbons (Fsp3) is 0. The van der Waals surface area contributed by atoms with Gasteiger partial charge in [-0.2, -0.15) is 0 Å². The first-order valence-electron chi connectivity index (χ1n) is 8.74. The molecule has 0 radical (unpaired) electrons. The standard InChI is InChI=1S/C20H11Cl2N5O4/c21-15-10-16(22)17(27(30)31)9-13(15)11-23-20-19(24-18-6-1-2-7-25(18)20)12-4-3-5-14(8-12)26(28)29/h1-11H/b23-11+. The van der Waals surface area contributed by atoms with E-state index in [-0.39, 0.29) is 27.0 Å². The van der Waals surface area contributed by atoms with Gasteiger partial charge in [-0.05, 0) is 18.2 Å². The van der Waals surface area contributed by atoms with E-state index in [1.54, 1.807) is 40.9 Å². The molecule has 0 N–H and O–H groups in total. The first-order valence-corrected chi connectivity index (χ1v) is 9.50. The van der Waals surface area contributed by atoms with Crippen LogP contribution in [0.4, 0.5) is 17.2 Å². The average molecular weight is 456 g/mol. The molecule has 4 aromatic rings. The summed E-state index contributed by atoms with van der Waals surface area (Å²) in [4.78, 5) is 30.3. The Morgan fingerprint density at radius 3 is 2.52 bits per heavy atom. The molecule has 0 saturated heterocycles. The molecule has 11 heteroatoms. The molecule has 0 spiro atoms. The van der Waals surface area contributed by atoms with E-state index in [9.17, 15) is 20.2 Å². The van der Waals surface area contributed by atoms with E-state index in [4.69, 9.17) is 23.2 Å². The van der Waals surface area contributed by atoms with Crippen LogP contribution in [0.15, 0.2) is 65.8 Å². The molecule has 0 atom stereocenters. The van der Waals surface area contributed by atoms with Crippen LogP contribution in [0.25, 0.3) is 16.9 Å². The van der Waals surface area contributed by atoms with E-state index >= 15 is 0 Å². The van der Waals surface area contributed by atoms with Crippen LogP contribution >= 0.6 is 23.2 Å². The summed E-state index contributed by atoms with van der Waals surface area (Å²) in [5, 5.41) is 22.5. The number of rotatable bonds is 5. The predicted molar refractivity (Wildman–Crippen MR) is 118 cm³/mol. The Bertz CT molecular complexity index is 1380. The van der Waals surface area contributed by atoms with Crippen molar-refractivity contribution in [3.8, 4) is 11.3 Å². The molecule has 0 unspecified atom stereocenters. The highest BCUT2D eigenvalue weighted by Gasteiger charge is 2.18. The number of nitro benzene ring substituents is 2. The van der Waals surface area contributed by atoms with Gasteiger partial charge in [-0.1, -0.05) is 41.4 Å². The monoisotopic (exact) mass is 455 g/mol. The summed E-state index contributed by atoms with van der Waals surface area (Å²) in [5.74, 6) is 0.379. The Balaban J connectivity index is 1.88. The molecular formula is C20H11Cl2N5O4. The molecule has 154 valence electrons. The number of nitro groups is 2. The van der Waals surface area contributed by atoms with Gasteiger partial charge in [-0.25, -0.2) is 9.98 Å². The Morgan fingerprint density at radius 1 is 0.968 bits per heavy atom. The average Bonchev–Trinajstić information content (AvgIpc) is 3.11. The molecule has 0 aliphatic heterocycles. The molecule has 2 aromatic carbocycles. The number of hydrogen-bond acceptors (Lipinski definition) is 6. The van der Waals surface area contributed by atoms with Crippen LogP contribution < -0.4 is 0 Å². The number of non-ortho nitro benzene ring substituents is 1. The van der Waals surface area contributed by atoms with Crippen molar-refractivity contribution in [2.45, 2.75) is 0 Å². The minimum atomic E-state index is -0.612. The van der Waals surface area contributed by atoms with Gasteiger partial charge in [0.1, 0.15) is 16.4 Å². The number of imidazole rings is 1. The van der Waals surface area contributed by atoms with Gasteiger partial charge in [0.25, 0.3) is 11.4 Å². The number of nitrogens with zero attached hydrogens (tertiary/aromatic N) is 5. The van der Waals surface area contributed by atoms with Gasteiger partial charge >= 0.3 is 0 Å². The number of hydrogen-bond donors (Lipinski definition) is 0. The van der Waals surface area contributed by atoms with E-state index in [0.717, 1.165) is 0 Å². The first-order chi connectivity index (χ1) is 14.8. The number of halogens is 2. The molecule has 2 aromatic heterocycles. The van der Waals surface area contributed by atoms with Crippen LogP contribution in [0.2, 0.25) is 10.0 Å². The van der Waals surface area contributed by atoms with Crippen molar-refractivity contribution >= 4 is 52.3 Å². The third-order valence-corrected chi connectivity index (χ3v) is 5.05. The topological polar surface area (TPSA) is 116 Å². The van der Waals surface area contributed by atoms with Crippen LogP contribution in [0.1, 0.15) is 5.56 Å². The maximum atomic E-state index is 11.2. The number of aliphatic imine (C=N–C) groups is 1. The van der Waals surface area contributed by atoms with Crippen LogP contribution in [-0.4, -0.2) is 25.4 Å². The lowest BCUT2D eigenvalue weighted by Crippen LogP contribution is -1.93. The maximum Gasteiger partial charge on any atom is 0.288 e. The third-order valence-electron chi connectivity index (χ3n) is 4.42. The van der Waals surface area contributed by atoms with E-state index in [2.05, 4.69) is 9.98 Å². The summed E-state index contributed by atoms with van der Waals surface area (Å²) in [6.07, 6.45) is 3.10. The maximum absolute atomic E-state index is 11.2. The fourth-order valence-electron chi connectivity index (χ4n) is 2.99. The van der Waals surface area contributed by atoms with Gasteiger partial charge in [0.2, 0.25) is 0 Å². The normalized spacial score (nSPS) is 11.3. The highest BCUT2D eigenvalue weighted by Crippen LogP contribution is 2.34. The van der Waals surface area contributed by atoms with Crippen molar-refractivity contribution in [1.29, 1.82) is 0 Å². The summed E-state index contributed by atoms with van der Waals surface area (Å²) >= 11 is 12.1. The molecule has 4 rings (SSSR count). The van der Waals surface area contributed by atoms with Crippen molar-refractivity contribution in [1.82, 2.24) is 9.38 Å². The largest absolute Gasteiger partial charge is 0.288 e. The predicted octanol–water partition coefficient (Wildman–Crippen LogP) is 5.88. The zero-order valence-corrected chi connectivity index (χ0v) is 17.0. The number of aromatic nitrogens is 2. The smallest absolute Gasteiger partial charge is 0.284 e. The molecule has 0 aliphatic rings. The zero-order valence-electron chi connectivity index (χ0n) is 15.5.